The predicted octanol–water partition coefficient (Wildman–Crippen LogP) is 2.01. The molecular formula is C16H23F3N4O. The highest BCUT2D eigenvalue weighted by Gasteiger charge is 2.50. The standard InChI is InChI=1S/C16H23F3N4O/c1-2-23-10-12(7-21-23)11-3-5-22(6-4-11)15(24)13-8-20-9-14(13)16(17,18)19/h7,10-11,13-14,20H,2-6,8-9H2,1H3/t13-,14-/m1/s1. The molecule has 0 bridgehead atoms. The summed E-state index contributed by atoms with van der Waals surface area (Å²) in [6.45, 7) is 3.82. The van der Waals surface area contributed by atoms with Crippen LogP contribution in [-0.2, 0) is 11.3 Å². The number of hydrogen-bond donors (Lipinski definition) is 1. The average molecular weight is 344 g/mol. The number of carbonyl (C=O) groups excluding carboxylic acids is 1. The first-order valence-electron chi connectivity index (χ1n) is 8.48. The van der Waals surface area contributed by atoms with E-state index in [1.165, 1.54) is 0 Å². The number of alkyl halides is 3. The highest BCUT2D eigenvalue weighted by Crippen LogP contribution is 2.36. The number of aryl methyl sites for hydroxylation is 1. The number of aromatic nitrogens is 2. The summed E-state index contributed by atoms with van der Waals surface area (Å²) >= 11 is 0. The maximum Gasteiger partial charge on any atom is 0.393 e. The molecule has 2 aliphatic heterocycles. The van der Waals surface area contributed by atoms with Crippen LogP contribution in [0.3, 0.4) is 0 Å². The van der Waals surface area contributed by atoms with Gasteiger partial charge in [0.05, 0.1) is 18.0 Å². The van der Waals surface area contributed by atoms with Crippen molar-refractivity contribution in [2.45, 2.75) is 38.4 Å². The third-order valence-electron chi connectivity index (χ3n) is 5.21. The quantitative estimate of drug-likeness (QED) is 0.913. The van der Waals surface area contributed by atoms with Crippen LogP contribution in [0.4, 0.5) is 13.2 Å². The summed E-state index contributed by atoms with van der Waals surface area (Å²) in [4.78, 5) is 14.1. The summed E-state index contributed by atoms with van der Waals surface area (Å²) in [5.74, 6) is -2.57. The van der Waals surface area contributed by atoms with Crippen LogP contribution in [-0.4, -0.2) is 52.9 Å². The lowest BCUT2D eigenvalue weighted by Gasteiger charge is -2.34. The van der Waals surface area contributed by atoms with Gasteiger partial charge >= 0.3 is 6.18 Å². The maximum absolute atomic E-state index is 13.0. The minimum Gasteiger partial charge on any atom is -0.342 e. The van der Waals surface area contributed by atoms with Crippen molar-refractivity contribution >= 4 is 5.91 Å². The third kappa shape index (κ3) is 3.43. The van der Waals surface area contributed by atoms with Gasteiger partial charge in [0.25, 0.3) is 0 Å². The van der Waals surface area contributed by atoms with Crippen LogP contribution in [0.25, 0.3) is 0 Å². The molecule has 0 spiro atoms. The normalized spacial score (nSPS) is 26.1. The molecular weight excluding hydrogens is 321 g/mol. The zero-order chi connectivity index (χ0) is 17.3. The Kier molecular flexibility index (Phi) is 4.85. The zero-order valence-electron chi connectivity index (χ0n) is 13.7. The van der Waals surface area contributed by atoms with Gasteiger partial charge < -0.3 is 10.2 Å². The lowest BCUT2D eigenvalue weighted by molar-refractivity contribution is -0.185. The summed E-state index contributed by atoms with van der Waals surface area (Å²) < 4.78 is 41.0. The molecule has 1 N–H and O–H groups in total. The van der Waals surface area contributed by atoms with Crippen molar-refractivity contribution in [3.63, 3.8) is 0 Å². The molecule has 5 nitrogen and oxygen atoms in total. The number of nitrogens with zero attached hydrogens (tertiary/aromatic N) is 3. The molecule has 2 saturated heterocycles. The summed E-state index contributed by atoms with van der Waals surface area (Å²) in [6.07, 6.45) is 1.10. The van der Waals surface area contributed by atoms with Crippen LogP contribution in [0.5, 0.6) is 0 Å². The van der Waals surface area contributed by atoms with E-state index in [0.29, 0.717) is 19.0 Å². The highest BCUT2D eigenvalue weighted by molar-refractivity contribution is 5.80. The molecule has 3 rings (SSSR count). The first-order valence-corrected chi connectivity index (χ1v) is 8.48. The number of rotatable bonds is 3. The molecule has 0 unspecified atom stereocenters. The third-order valence-corrected chi connectivity index (χ3v) is 5.21. The van der Waals surface area contributed by atoms with E-state index in [-0.39, 0.29) is 19.0 Å². The van der Waals surface area contributed by atoms with Crippen LogP contribution in [0.2, 0.25) is 0 Å². The Balaban J connectivity index is 1.59. The van der Waals surface area contributed by atoms with Crippen molar-refractivity contribution in [1.29, 1.82) is 0 Å². The van der Waals surface area contributed by atoms with Crippen molar-refractivity contribution in [3.05, 3.63) is 18.0 Å². The van der Waals surface area contributed by atoms with Crippen LogP contribution in [0, 0.1) is 11.8 Å². The Morgan fingerprint density at radius 1 is 1.33 bits per heavy atom. The van der Waals surface area contributed by atoms with E-state index < -0.39 is 18.0 Å². The molecule has 2 aliphatic rings. The lowest BCUT2D eigenvalue weighted by Crippen LogP contribution is -2.45. The fourth-order valence-electron chi connectivity index (χ4n) is 3.71. The number of likely N-dealkylation sites (tertiary alicyclic amines) is 1. The van der Waals surface area contributed by atoms with E-state index >= 15 is 0 Å². The molecule has 2 fully saturated rings. The van der Waals surface area contributed by atoms with Crippen molar-refractivity contribution in [2.75, 3.05) is 26.2 Å². The first kappa shape index (κ1) is 17.3. The minimum atomic E-state index is -4.32. The summed E-state index contributed by atoms with van der Waals surface area (Å²) in [7, 11) is 0. The van der Waals surface area contributed by atoms with Gasteiger partial charge in [0.1, 0.15) is 0 Å². The molecule has 0 aliphatic carbocycles. The Morgan fingerprint density at radius 2 is 2.04 bits per heavy atom. The topological polar surface area (TPSA) is 50.2 Å². The molecule has 2 atom stereocenters. The van der Waals surface area contributed by atoms with Crippen LogP contribution in [0.15, 0.2) is 12.4 Å². The van der Waals surface area contributed by atoms with Crippen molar-refractivity contribution in [2.24, 2.45) is 11.8 Å². The molecule has 3 heterocycles. The van der Waals surface area contributed by atoms with Crippen molar-refractivity contribution in [1.82, 2.24) is 20.0 Å². The molecule has 24 heavy (non-hydrogen) atoms. The van der Waals surface area contributed by atoms with E-state index in [1.807, 2.05) is 24.0 Å². The van der Waals surface area contributed by atoms with Crippen LogP contribution in [0.1, 0.15) is 31.2 Å². The average Bonchev–Trinajstić information content (AvgIpc) is 3.23. The molecule has 0 radical (unpaired) electrons. The van der Waals surface area contributed by atoms with E-state index in [0.717, 1.165) is 24.9 Å². The largest absolute Gasteiger partial charge is 0.393 e. The Labute approximate surface area is 139 Å². The Morgan fingerprint density at radius 3 is 2.62 bits per heavy atom. The van der Waals surface area contributed by atoms with Gasteiger partial charge in [-0.15, -0.1) is 0 Å². The van der Waals surface area contributed by atoms with Gasteiger partial charge in [-0.1, -0.05) is 0 Å². The second-order valence-corrected chi connectivity index (χ2v) is 6.64. The zero-order valence-corrected chi connectivity index (χ0v) is 13.7. The molecule has 1 amide bonds. The lowest BCUT2D eigenvalue weighted by atomic mass is 9.89. The second kappa shape index (κ2) is 6.74. The molecule has 1 aromatic heterocycles. The summed E-state index contributed by atoms with van der Waals surface area (Å²) in [5, 5.41) is 6.98. The molecule has 134 valence electrons. The van der Waals surface area contributed by atoms with Gasteiger partial charge in [0.15, 0.2) is 0 Å². The SMILES string of the molecule is CCn1cc(C2CCN(C(=O)[C@@H]3CNC[C@H]3C(F)(F)F)CC2)cn1. The Bertz CT molecular complexity index is 578. The van der Waals surface area contributed by atoms with Gasteiger partial charge in [0, 0.05) is 38.9 Å². The number of amides is 1. The number of piperidine rings is 1. The van der Waals surface area contributed by atoms with Crippen LogP contribution < -0.4 is 5.32 Å². The van der Waals surface area contributed by atoms with E-state index in [4.69, 9.17) is 0 Å². The van der Waals surface area contributed by atoms with Gasteiger partial charge in [0.2, 0.25) is 5.91 Å². The smallest absolute Gasteiger partial charge is 0.342 e. The van der Waals surface area contributed by atoms with Gasteiger partial charge in [-0.3, -0.25) is 9.48 Å². The number of nitrogens with one attached hydrogen (secondary N) is 1. The number of halogens is 3. The Hall–Kier alpha value is -1.57. The summed E-state index contributed by atoms with van der Waals surface area (Å²) in [5.41, 5.74) is 1.15. The highest BCUT2D eigenvalue weighted by atomic mass is 19.4. The van der Waals surface area contributed by atoms with E-state index in [1.54, 1.807) is 4.90 Å². The second-order valence-electron chi connectivity index (χ2n) is 6.64. The first-order chi connectivity index (χ1) is 11.4. The van der Waals surface area contributed by atoms with Crippen molar-refractivity contribution in [3.8, 4) is 0 Å². The van der Waals surface area contributed by atoms with E-state index in [9.17, 15) is 18.0 Å². The fraction of sp³-hybridized carbons (Fsp3) is 0.750. The predicted molar refractivity (Wildman–Crippen MR) is 82.4 cm³/mol. The van der Waals surface area contributed by atoms with Gasteiger partial charge in [-0.2, -0.15) is 18.3 Å². The number of hydrogen-bond acceptors (Lipinski definition) is 3. The minimum absolute atomic E-state index is 0.117. The molecule has 0 aromatic carbocycles. The monoisotopic (exact) mass is 344 g/mol. The van der Waals surface area contributed by atoms with Gasteiger partial charge in [-0.05, 0) is 31.2 Å². The number of carbonyl (C=O) groups is 1. The maximum atomic E-state index is 13.0. The fourth-order valence-corrected chi connectivity index (χ4v) is 3.71. The van der Waals surface area contributed by atoms with E-state index in [2.05, 4.69) is 10.4 Å². The molecule has 1 aromatic rings. The van der Waals surface area contributed by atoms with Crippen molar-refractivity contribution < 1.29 is 18.0 Å². The van der Waals surface area contributed by atoms with Crippen LogP contribution >= 0.6 is 0 Å². The van der Waals surface area contributed by atoms with Gasteiger partial charge in [-0.25, -0.2) is 0 Å². The molecule has 8 heteroatoms. The molecule has 0 saturated carbocycles. The summed E-state index contributed by atoms with van der Waals surface area (Å²) in [6, 6.07) is 0.